The summed E-state index contributed by atoms with van der Waals surface area (Å²) in [5, 5.41) is 33.8. The standard InChI is InChI=1S/C8H16O2.C6H14O3/c1-6(2)4-7(3)5-8(9)10;7-3-1-2-6(4-8)5-9/h6-7H,4-5H2,1-3H3,(H,9,10);6-9H,1-5H2. The molecule has 1 atom stereocenters. The number of hydrogen-bond acceptors (Lipinski definition) is 4. The van der Waals surface area contributed by atoms with Crippen LogP contribution in [-0.4, -0.2) is 46.2 Å². The molecule has 5 nitrogen and oxygen atoms in total. The Labute approximate surface area is 116 Å². The molecule has 0 heterocycles. The lowest BCUT2D eigenvalue weighted by Gasteiger charge is -2.10. The van der Waals surface area contributed by atoms with E-state index in [0.717, 1.165) is 6.42 Å². The second kappa shape index (κ2) is 13.8. The van der Waals surface area contributed by atoms with E-state index in [4.69, 9.17) is 20.4 Å². The molecular formula is C14H30O5. The van der Waals surface area contributed by atoms with Gasteiger partial charge < -0.3 is 20.4 Å². The Kier molecular flexibility index (Phi) is 15.0. The maximum atomic E-state index is 10.2. The number of carboxylic acids is 1. The minimum absolute atomic E-state index is 0.0104. The van der Waals surface area contributed by atoms with Gasteiger partial charge in [0.2, 0.25) is 0 Å². The van der Waals surface area contributed by atoms with Crippen molar-refractivity contribution in [1.29, 1.82) is 0 Å². The van der Waals surface area contributed by atoms with Gasteiger partial charge in [-0.05, 0) is 31.1 Å². The first-order chi connectivity index (χ1) is 8.87. The maximum Gasteiger partial charge on any atom is 0.303 e. The molecule has 0 aliphatic heterocycles. The molecule has 0 radical (unpaired) electrons. The fraction of sp³-hybridized carbons (Fsp3) is 0.929. The Morgan fingerprint density at radius 2 is 1.58 bits per heavy atom. The van der Waals surface area contributed by atoms with Crippen LogP contribution in [0.1, 0.15) is 46.5 Å². The third kappa shape index (κ3) is 17.4. The molecule has 116 valence electrons. The molecule has 0 fully saturated rings. The van der Waals surface area contributed by atoms with Crippen LogP contribution in [0.4, 0.5) is 0 Å². The summed E-state index contributed by atoms with van der Waals surface area (Å²) in [6, 6.07) is 0. The Bertz CT molecular complexity index is 202. The van der Waals surface area contributed by atoms with Crippen LogP contribution in [0.15, 0.2) is 0 Å². The summed E-state index contributed by atoms with van der Waals surface area (Å²) in [4.78, 5) is 10.2. The Balaban J connectivity index is 0. The van der Waals surface area contributed by atoms with Gasteiger partial charge in [-0.15, -0.1) is 0 Å². The predicted octanol–water partition coefficient (Wildman–Crippen LogP) is 1.50. The lowest BCUT2D eigenvalue weighted by atomic mass is 9.96. The molecule has 19 heavy (non-hydrogen) atoms. The molecule has 0 aromatic heterocycles. The second-order valence-electron chi connectivity index (χ2n) is 5.43. The van der Waals surface area contributed by atoms with Gasteiger partial charge in [0.05, 0.1) is 0 Å². The Hall–Kier alpha value is -0.650. The number of aliphatic carboxylic acids is 1. The van der Waals surface area contributed by atoms with Crippen molar-refractivity contribution in [3.63, 3.8) is 0 Å². The van der Waals surface area contributed by atoms with E-state index in [9.17, 15) is 4.79 Å². The van der Waals surface area contributed by atoms with Crippen LogP contribution < -0.4 is 0 Å². The summed E-state index contributed by atoms with van der Waals surface area (Å²) < 4.78 is 0. The van der Waals surface area contributed by atoms with Crippen molar-refractivity contribution in [3.05, 3.63) is 0 Å². The SMILES string of the molecule is CC(C)CC(C)CC(=O)O.OCCCC(CO)CO. The van der Waals surface area contributed by atoms with E-state index in [2.05, 4.69) is 13.8 Å². The minimum Gasteiger partial charge on any atom is -0.481 e. The highest BCUT2D eigenvalue weighted by Crippen LogP contribution is 2.13. The van der Waals surface area contributed by atoms with Crippen LogP contribution in [0.2, 0.25) is 0 Å². The molecule has 0 aromatic rings. The van der Waals surface area contributed by atoms with Crippen molar-refractivity contribution in [1.82, 2.24) is 0 Å². The molecule has 5 heteroatoms. The number of rotatable bonds is 9. The largest absolute Gasteiger partial charge is 0.481 e. The van der Waals surface area contributed by atoms with Gasteiger partial charge >= 0.3 is 5.97 Å². The number of aliphatic hydroxyl groups excluding tert-OH is 3. The minimum atomic E-state index is -0.687. The fourth-order valence-electron chi connectivity index (χ4n) is 1.81. The third-order valence-electron chi connectivity index (χ3n) is 2.68. The summed E-state index contributed by atoms with van der Waals surface area (Å²) in [5.74, 6) is 0.192. The number of carboxylic acid groups (broad SMARTS) is 1. The number of carbonyl (C=O) groups is 1. The first-order valence-corrected chi connectivity index (χ1v) is 6.91. The van der Waals surface area contributed by atoms with Gasteiger partial charge in [-0.3, -0.25) is 4.79 Å². The van der Waals surface area contributed by atoms with Crippen molar-refractivity contribution >= 4 is 5.97 Å². The van der Waals surface area contributed by atoms with Crippen molar-refractivity contribution in [2.45, 2.75) is 46.5 Å². The van der Waals surface area contributed by atoms with E-state index in [1.165, 1.54) is 0 Å². The first kappa shape index (κ1) is 20.7. The summed E-state index contributed by atoms with van der Waals surface area (Å²) in [7, 11) is 0. The van der Waals surface area contributed by atoms with Gasteiger partial charge in [0.25, 0.3) is 0 Å². The van der Waals surface area contributed by atoms with E-state index in [-0.39, 0.29) is 25.7 Å². The van der Waals surface area contributed by atoms with Gasteiger partial charge in [0, 0.05) is 32.2 Å². The highest BCUT2D eigenvalue weighted by Gasteiger charge is 2.08. The zero-order valence-electron chi connectivity index (χ0n) is 12.4. The molecule has 0 aliphatic carbocycles. The van der Waals surface area contributed by atoms with Crippen molar-refractivity contribution in [2.24, 2.45) is 17.8 Å². The third-order valence-corrected chi connectivity index (χ3v) is 2.68. The van der Waals surface area contributed by atoms with E-state index in [1.807, 2.05) is 6.92 Å². The first-order valence-electron chi connectivity index (χ1n) is 6.91. The molecular weight excluding hydrogens is 248 g/mol. The zero-order chi connectivity index (χ0) is 15.3. The summed E-state index contributed by atoms with van der Waals surface area (Å²) >= 11 is 0. The van der Waals surface area contributed by atoms with Gasteiger partial charge in [-0.2, -0.15) is 0 Å². The summed E-state index contributed by atoms with van der Waals surface area (Å²) in [6.07, 6.45) is 2.67. The quantitative estimate of drug-likeness (QED) is 0.512. The molecule has 0 saturated heterocycles. The Morgan fingerprint density at radius 3 is 1.89 bits per heavy atom. The predicted molar refractivity (Wildman–Crippen MR) is 74.9 cm³/mol. The van der Waals surface area contributed by atoms with Crippen molar-refractivity contribution in [3.8, 4) is 0 Å². The highest BCUT2D eigenvalue weighted by molar-refractivity contribution is 5.66. The van der Waals surface area contributed by atoms with Gasteiger partial charge in [0.1, 0.15) is 0 Å². The van der Waals surface area contributed by atoms with E-state index < -0.39 is 5.97 Å². The number of aliphatic hydroxyl groups is 3. The molecule has 4 N–H and O–H groups in total. The molecule has 0 rings (SSSR count). The smallest absolute Gasteiger partial charge is 0.303 e. The molecule has 0 aromatic carbocycles. The van der Waals surface area contributed by atoms with Crippen LogP contribution in [-0.2, 0) is 4.79 Å². The average molecular weight is 278 g/mol. The normalized spacial score (nSPS) is 12.2. The molecule has 0 bridgehead atoms. The van der Waals surface area contributed by atoms with Gasteiger partial charge in [-0.25, -0.2) is 0 Å². The van der Waals surface area contributed by atoms with Crippen LogP contribution in [0, 0.1) is 17.8 Å². The van der Waals surface area contributed by atoms with Crippen molar-refractivity contribution < 1.29 is 25.2 Å². The van der Waals surface area contributed by atoms with Crippen molar-refractivity contribution in [2.75, 3.05) is 19.8 Å². The molecule has 0 saturated carbocycles. The van der Waals surface area contributed by atoms with Crippen LogP contribution >= 0.6 is 0 Å². The fourth-order valence-corrected chi connectivity index (χ4v) is 1.81. The van der Waals surface area contributed by atoms with Gasteiger partial charge in [-0.1, -0.05) is 20.8 Å². The zero-order valence-corrected chi connectivity index (χ0v) is 12.4. The second-order valence-corrected chi connectivity index (χ2v) is 5.43. The molecule has 0 amide bonds. The van der Waals surface area contributed by atoms with Crippen LogP contribution in [0.25, 0.3) is 0 Å². The lowest BCUT2D eigenvalue weighted by molar-refractivity contribution is -0.138. The number of hydrogen-bond donors (Lipinski definition) is 4. The summed E-state index contributed by atoms with van der Waals surface area (Å²) in [5.41, 5.74) is 0. The lowest BCUT2D eigenvalue weighted by Crippen LogP contribution is -2.11. The monoisotopic (exact) mass is 278 g/mol. The Morgan fingerprint density at radius 1 is 1.05 bits per heavy atom. The average Bonchev–Trinajstić information content (AvgIpc) is 2.29. The summed E-state index contributed by atoms with van der Waals surface area (Å²) in [6.45, 7) is 6.36. The van der Waals surface area contributed by atoms with Crippen LogP contribution in [0.5, 0.6) is 0 Å². The van der Waals surface area contributed by atoms with E-state index >= 15 is 0 Å². The van der Waals surface area contributed by atoms with E-state index in [1.54, 1.807) is 0 Å². The molecule has 0 spiro atoms. The topological polar surface area (TPSA) is 98.0 Å². The maximum absolute atomic E-state index is 10.2. The van der Waals surface area contributed by atoms with Gasteiger partial charge in [0.15, 0.2) is 0 Å². The highest BCUT2D eigenvalue weighted by atomic mass is 16.4. The molecule has 1 unspecified atom stereocenters. The van der Waals surface area contributed by atoms with E-state index in [0.29, 0.717) is 31.1 Å². The van der Waals surface area contributed by atoms with Crippen LogP contribution in [0.3, 0.4) is 0 Å². The molecule has 0 aliphatic rings.